The third-order valence-electron chi connectivity index (χ3n) is 2.12. The van der Waals surface area contributed by atoms with E-state index < -0.39 is 0 Å². The summed E-state index contributed by atoms with van der Waals surface area (Å²) in [5.41, 5.74) is 6.98. The summed E-state index contributed by atoms with van der Waals surface area (Å²) in [6.07, 6.45) is 3.98. The molecule has 0 aliphatic carbocycles. The Morgan fingerprint density at radius 3 is 2.62 bits per heavy atom. The Morgan fingerprint density at radius 1 is 1.31 bits per heavy atom. The van der Waals surface area contributed by atoms with E-state index >= 15 is 0 Å². The molecule has 1 atom stereocenters. The van der Waals surface area contributed by atoms with Crippen LogP contribution in [0.25, 0.3) is 0 Å². The van der Waals surface area contributed by atoms with Gasteiger partial charge in [-0.1, -0.05) is 19.9 Å². The van der Waals surface area contributed by atoms with Crippen LogP contribution in [0.1, 0.15) is 38.4 Å². The second-order valence-electron chi connectivity index (χ2n) is 3.83. The van der Waals surface area contributed by atoms with Gasteiger partial charge in [-0.3, -0.25) is 4.98 Å². The van der Waals surface area contributed by atoms with Crippen molar-refractivity contribution in [2.75, 3.05) is 0 Å². The maximum Gasteiger partial charge on any atom is 0.0570 e. The van der Waals surface area contributed by atoms with Gasteiger partial charge in [-0.2, -0.15) is 0 Å². The molecular formula is C11H18N2. The van der Waals surface area contributed by atoms with E-state index in [1.807, 2.05) is 18.2 Å². The smallest absolute Gasteiger partial charge is 0.0570 e. The molecule has 1 aromatic rings. The van der Waals surface area contributed by atoms with Crippen molar-refractivity contribution in [2.45, 2.75) is 32.7 Å². The van der Waals surface area contributed by atoms with Gasteiger partial charge in [0.2, 0.25) is 0 Å². The Kier molecular flexibility index (Phi) is 3.90. The summed E-state index contributed by atoms with van der Waals surface area (Å²) in [6, 6.07) is 5.99. The molecule has 0 aromatic carbocycles. The zero-order valence-electron chi connectivity index (χ0n) is 8.40. The lowest BCUT2D eigenvalue weighted by atomic mass is 10.0. The van der Waals surface area contributed by atoms with Crippen molar-refractivity contribution in [3.8, 4) is 0 Å². The van der Waals surface area contributed by atoms with E-state index in [9.17, 15) is 0 Å². The fraction of sp³-hybridized carbons (Fsp3) is 0.545. The lowest BCUT2D eigenvalue weighted by Crippen LogP contribution is -2.12. The SMILES string of the molecule is CC(C)CC[C@H](N)c1ccccn1. The summed E-state index contributed by atoms with van der Waals surface area (Å²) in [4.78, 5) is 4.23. The van der Waals surface area contributed by atoms with Crippen LogP contribution in [0.5, 0.6) is 0 Å². The molecule has 0 amide bonds. The van der Waals surface area contributed by atoms with Gasteiger partial charge >= 0.3 is 0 Å². The van der Waals surface area contributed by atoms with Crippen LogP contribution in [0.4, 0.5) is 0 Å². The molecule has 0 fully saturated rings. The zero-order chi connectivity index (χ0) is 9.68. The maximum atomic E-state index is 5.98. The highest BCUT2D eigenvalue weighted by molar-refractivity contribution is 5.07. The first-order valence-electron chi connectivity index (χ1n) is 4.86. The lowest BCUT2D eigenvalue weighted by Gasteiger charge is -2.11. The number of rotatable bonds is 4. The normalized spacial score (nSPS) is 13.2. The third kappa shape index (κ3) is 3.55. The molecule has 1 rings (SSSR count). The Morgan fingerprint density at radius 2 is 2.08 bits per heavy atom. The Bertz CT molecular complexity index is 231. The van der Waals surface area contributed by atoms with Crippen LogP contribution in [0.3, 0.4) is 0 Å². The molecule has 0 radical (unpaired) electrons. The second kappa shape index (κ2) is 4.97. The largest absolute Gasteiger partial charge is 0.323 e. The number of aromatic nitrogens is 1. The van der Waals surface area contributed by atoms with Gasteiger partial charge in [0.1, 0.15) is 0 Å². The van der Waals surface area contributed by atoms with Gasteiger partial charge in [0, 0.05) is 12.2 Å². The first-order valence-corrected chi connectivity index (χ1v) is 4.86. The van der Waals surface area contributed by atoms with E-state index in [0.29, 0.717) is 0 Å². The van der Waals surface area contributed by atoms with E-state index in [2.05, 4.69) is 18.8 Å². The standard InChI is InChI=1S/C11H18N2/c1-9(2)6-7-10(12)11-5-3-4-8-13-11/h3-5,8-10H,6-7,12H2,1-2H3/t10-/m0/s1. The number of hydrogen-bond donors (Lipinski definition) is 1. The molecular weight excluding hydrogens is 160 g/mol. The van der Waals surface area contributed by atoms with Gasteiger partial charge in [-0.25, -0.2) is 0 Å². The van der Waals surface area contributed by atoms with Crippen molar-refractivity contribution in [3.05, 3.63) is 30.1 Å². The van der Waals surface area contributed by atoms with E-state index in [1.165, 1.54) is 0 Å². The van der Waals surface area contributed by atoms with E-state index in [1.54, 1.807) is 6.20 Å². The summed E-state index contributed by atoms with van der Waals surface area (Å²) in [5.74, 6) is 0.717. The lowest BCUT2D eigenvalue weighted by molar-refractivity contribution is 0.501. The highest BCUT2D eigenvalue weighted by atomic mass is 14.8. The molecule has 0 saturated heterocycles. The molecule has 2 N–H and O–H groups in total. The minimum absolute atomic E-state index is 0.101. The summed E-state index contributed by atoms with van der Waals surface area (Å²) in [5, 5.41) is 0. The number of nitrogens with two attached hydrogens (primary N) is 1. The summed E-state index contributed by atoms with van der Waals surface area (Å²) >= 11 is 0. The molecule has 0 aliphatic heterocycles. The molecule has 13 heavy (non-hydrogen) atoms. The van der Waals surface area contributed by atoms with E-state index in [4.69, 9.17) is 5.73 Å². The molecule has 72 valence electrons. The Hall–Kier alpha value is -0.890. The van der Waals surface area contributed by atoms with Crippen LogP contribution < -0.4 is 5.73 Å². The third-order valence-corrected chi connectivity index (χ3v) is 2.12. The van der Waals surface area contributed by atoms with Crippen LogP contribution in [-0.4, -0.2) is 4.98 Å². The summed E-state index contributed by atoms with van der Waals surface area (Å²) in [7, 11) is 0. The minimum Gasteiger partial charge on any atom is -0.323 e. The topological polar surface area (TPSA) is 38.9 Å². The van der Waals surface area contributed by atoms with Crippen LogP contribution >= 0.6 is 0 Å². The Balaban J connectivity index is 2.44. The van der Waals surface area contributed by atoms with Crippen molar-refractivity contribution in [1.29, 1.82) is 0 Å². The molecule has 0 bridgehead atoms. The average Bonchev–Trinajstić information content (AvgIpc) is 2.15. The predicted octanol–water partition coefficient (Wildman–Crippen LogP) is 2.52. The van der Waals surface area contributed by atoms with Gasteiger partial charge in [0.15, 0.2) is 0 Å². The number of hydrogen-bond acceptors (Lipinski definition) is 2. The summed E-state index contributed by atoms with van der Waals surface area (Å²) in [6.45, 7) is 4.43. The number of pyridine rings is 1. The van der Waals surface area contributed by atoms with E-state index in [0.717, 1.165) is 24.5 Å². The fourth-order valence-corrected chi connectivity index (χ4v) is 1.26. The van der Waals surface area contributed by atoms with Crippen LogP contribution in [0.15, 0.2) is 24.4 Å². The maximum absolute atomic E-state index is 5.98. The van der Waals surface area contributed by atoms with Gasteiger partial charge in [-0.15, -0.1) is 0 Å². The highest BCUT2D eigenvalue weighted by Crippen LogP contribution is 2.15. The second-order valence-corrected chi connectivity index (χ2v) is 3.83. The highest BCUT2D eigenvalue weighted by Gasteiger charge is 2.06. The molecule has 2 heteroatoms. The van der Waals surface area contributed by atoms with Gasteiger partial charge in [0.25, 0.3) is 0 Å². The molecule has 0 spiro atoms. The first kappa shape index (κ1) is 10.2. The van der Waals surface area contributed by atoms with Crippen molar-refractivity contribution >= 4 is 0 Å². The minimum atomic E-state index is 0.101. The molecule has 0 aliphatic rings. The van der Waals surface area contributed by atoms with Crippen molar-refractivity contribution in [2.24, 2.45) is 11.7 Å². The molecule has 0 unspecified atom stereocenters. The van der Waals surface area contributed by atoms with Crippen molar-refractivity contribution in [3.63, 3.8) is 0 Å². The van der Waals surface area contributed by atoms with Crippen molar-refractivity contribution < 1.29 is 0 Å². The monoisotopic (exact) mass is 178 g/mol. The molecule has 0 saturated carbocycles. The zero-order valence-corrected chi connectivity index (χ0v) is 8.40. The molecule has 1 aromatic heterocycles. The van der Waals surface area contributed by atoms with Crippen LogP contribution in [0.2, 0.25) is 0 Å². The predicted molar refractivity (Wildman–Crippen MR) is 55.2 cm³/mol. The van der Waals surface area contributed by atoms with E-state index in [-0.39, 0.29) is 6.04 Å². The van der Waals surface area contributed by atoms with Crippen LogP contribution in [-0.2, 0) is 0 Å². The average molecular weight is 178 g/mol. The quantitative estimate of drug-likeness (QED) is 0.769. The van der Waals surface area contributed by atoms with Gasteiger partial charge in [-0.05, 0) is 30.9 Å². The first-order chi connectivity index (χ1) is 6.20. The summed E-state index contributed by atoms with van der Waals surface area (Å²) < 4.78 is 0. The Labute approximate surface area is 80.2 Å². The van der Waals surface area contributed by atoms with Crippen LogP contribution in [0, 0.1) is 5.92 Å². The fourth-order valence-electron chi connectivity index (χ4n) is 1.26. The number of nitrogens with zero attached hydrogens (tertiary/aromatic N) is 1. The molecule has 1 heterocycles. The van der Waals surface area contributed by atoms with Crippen molar-refractivity contribution in [1.82, 2.24) is 4.98 Å². The molecule has 2 nitrogen and oxygen atoms in total. The van der Waals surface area contributed by atoms with Gasteiger partial charge in [0.05, 0.1) is 5.69 Å². The van der Waals surface area contributed by atoms with Gasteiger partial charge < -0.3 is 5.73 Å².